The lowest BCUT2D eigenvalue weighted by atomic mass is 10.0. The van der Waals surface area contributed by atoms with E-state index in [-0.39, 0.29) is 6.61 Å². The summed E-state index contributed by atoms with van der Waals surface area (Å²) in [7, 11) is 1.47. The molecule has 1 atom stereocenters. The summed E-state index contributed by atoms with van der Waals surface area (Å²) in [6.45, 7) is -0.0490. The Kier molecular flexibility index (Phi) is 3.85. The molecule has 4 heteroatoms. The Morgan fingerprint density at radius 2 is 2.29 bits per heavy atom. The van der Waals surface area contributed by atoms with Crippen molar-refractivity contribution in [1.29, 1.82) is 0 Å². The van der Waals surface area contributed by atoms with E-state index in [0.717, 1.165) is 0 Å². The van der Waals surface area contributed by atoms with E-state index in [1.807, 2.05) is 0 Å². The first-order valence-electron chi connectivity index (χ1n) is 4.39. The summed E-state index contributed by atoms with van der Waals surface area (Å²) in [5, 5.41) is 8.66. The van der Waals surface area contributed by atoms with Gasteiger partial charge in [-0.3, -0.25) is 0 Å². The van der Waals surface area contributed by atoms with E-state index in [0.29, 0.717) is 17.7 Å². The highest BCUT2D eigenvalue weighted by atomic mass is 19.1. The predicted octanol–water partition coefficient (Wildman–Crippen LogP) is 1.22. The van der Waals surface area contributed by atoms with Gasteiger partial charge in [-0.05, 0) is 12.5 Å². The first-order chi connectivity index (χ1) is 6.69. The molecule has 0 bridgehead atoms. The standard InChI is InChI=1S/C10H14FNO2/c1-14-7-2-3-8(9(11)6-7)10(12)4-5-13/h2-3,6,10,13H,4-5,12H2,1H3/t10-/m0/s1. The third kappa shape index (κ3) is 2.43. The molecule has 0 amide bonds. The number of benzene rings is 1. The Morgan fingerprint density at radius 1 is 1.57 bits per heavy atom. The molecular formula is C10H14FNO2. The van der Waals surface area contributed by atoms with Gasteiger partial charge < -0.3 is 15.6 Å². The molecule has 1 aromatic rings. The van der Waals surface area contributed by atoms with Gasteiger partial charge in [0.25, 0.3) is 0 Å². The molecule has 0 saturated carbocycles. The lowest BCUT2D eigenvalue weighted by molar-refractivity contribution is 0.275. The maximum Gasteiger partial charge on any atom is 0.131 e. The molecule has 0 radical (unpaired) electrons. The van der Waals surface area contributed by atoms with E-state index in [4.69, 9.17) is 15.6 Å². The minimum atomic E-state index is -0.467. The molecule has 1 aromatic carbocycles. The molecule has 0 aliphatic heterocycles. The van der Waals surface area contributed by atoms with Crippen LogP contribution in [0.25, 0.3) is 0 Å². The van der Waals surface area contributed by atoms with Crippen LogP contribution in [0, 0.1) is 5.82 Å². The molecule has 78 valence electrons. The number of halogens is 1. The second kappa shape index (κ2) is 4.93. The van der Waals surface area contributed by atoms with Crippen molar-refractivity contribution in [2.45, 2.75) is 12.5 Å². The fourth-order valence-corrected chi connectivity index (χ4v) is 1.23. The first kappa shape index (κ1) is 10.9. The van der Waals surface area contributed by atoms with E-state index in [1.54, 1.807) is 12.1 Å². The average Bonchev–Trinajstić information content (AvgIpc) is 2.17. The summed E-state index contributed by atoms with van der Waals surface area (Å²) >= 11 is 0. The number of aliphatic hydroxyl groups is 1. The van der Waals surface area contributed by atoms with Gasteiger partial charge in [0, 0.05) is 24.3 Å². The second-order valence-corrected chi connectivity index (χ2v) is 3.01. The SMILES string of the molecule is COc1ccc([C@@H](N)CCO)c(F)c1. The van der Waals surface area contributed by atoms with Gasteiger partial charge in [-0.2, -0.15) is 0 Å². The summed E-state index contributed by atoms with van der Waals surface area (Å²) in [6, 6.07) is 4.04. The number of aliphatic hydroxyl groups excluding tert-OH is 1. The van der Waals surface area contributed by atoms with Crippen molar-refractivity contribution >= 4 is 0 Å². The van der Waals surface area contributed by atoms with Gasteiger partial charge in [-0.15, -0.1) is 0 Å². The Labute approximate surface area is 82.3 Å². The van der Waals surface area contributed by atoms with Crippen LogP contribution < -0.4 is 10.5 Å². The van der Waals surface area contributed by atoms with Gasteiger partial charge in [0.1, 0.15) is 11.6 Å². The molecule has 0 unspecified atom stereocenters. The zero-order chi connectivity index (χ0) is 10.6. The quantitative estimate of drug-likeness (QED) is 0.766. The highest BCUT2D eigenvalue weighted by molar-refractivity contribution is 5.30. The van der Waals surface area contributed by atoms with Gasteiger partial charge in [0.15, 0.2) is 0 Å². The van der Waals surface area contributed by atoms with E-state index >= 15 is 0 Å². The lowest BCUT2D eigenvalue weighted by Crippen LogP contribution is -2.13. The van der Waals surface area contributed by atoms with Crippen LogP contribution in [0.4, 0.5) is 4.39 Å². The number of rotatable bonds is 4. The van der Waals surface area contributed by atoms with Crippen LogP contribution in [0.1, 0.15) is 18.0 Å². The molecule has 14 heavy (non-hydrogen) atoms. The number of hydrogen-bond acceptors (Lipinski definition) is 3. The Bertz CT molecular complexity index is 304. The summed E-state index contributed by atoms with van der Waals surface area (Å²) in [5.41, 5.74) is 6.06. The van der Waals surface area contributed by atoms with Crippen LogP contribution >= 0.6 is 0 Å². The molecule has 0 aromatic heterocycles. The van der Waals surface area contributed by atoms with Crippen LogP contribution in [0.2, 0.25) is 0 Å². The van der Waals surface area contributed by atoms with Crippen molar-refractivity contribution < 1.29 is 14.2 Å². The van der Waals surface area contributed by atoms with Crippen molar-refractivity contribution in [3.05, 3.63) is 29.6 Å². The second-order valence-electron chi connectivity index (χ2n) is 3.01. The van der Waals surface area contributed by atoms with Gasteiger partial charge in [0.2, 0.25) is 0 Å². The molecule has 0 spiro atoms. The molecule has 3 nitrogen and oxygen atoms in total. The maximum atomic E-state index is 13.4. The Hall–Kier alpha value is -1.13. The Balaban J connectivity index is 2.88. The first-order valence-corrected chi connectivity index (χ1v) is 4.39. The van der Waals surface area contributed by atoms with Crippen molar-refractivity contribution in [3.63, 3.8) is 0 Å². The fraction of sp³-hybridized carbons (Fsp3) is 0.400. The fourth-order valence-electron chi connectivity index (χ4n) is 1.23. The van der Waals surface area contributed by atoms with E-state index in [9.17, 15) is 4.39 Å². The predicted molar refractivity (Wildman–Crippen MR) is 51.6 cm³/mol. The van der Waals surface area contributed by atoms with Crippen LogP contribution in [-0.4, -0.2) is 18.8 Å². The normalized spacial score (nSPS) is 12.6. The van der Waals surface area contributed by atoms with Crippen molar-refractivity contribution in [2.24, 2.45) is 5.73 Å². The van der Waals surface area contributed by atoms with Crippen LogP contribution in [-0.2, 0) is 0 Å². The summed E-state index contributed by atoms with van der Waals surface area (Å²) in [6.07, 6.45) is 0.350. The topological polar surface area (TPSA) is 55.5 Å². The van der Waals surface area contributed by atoms with Crippen LogP contribution in [0.15, 0.2) is 18.2 Å². The number of methoxy groups -OCH3 is 1. The number of nitrogens with two attached hydrogens (primary N) is 1. The monoisotopic (exact) mass is 199 g/mol. The average molecular weight is 199 g/mol. The summed E-state index contributed by atoms with van der Waals surface area (Å²) < 4.78 is 18.2. The van der Waals surface area contributed by atoms with E-state index < -0.39 is 11.9 Å². The third-order valence-corrected chi connectivity index (χ3v) is 2.05. The van der Waals surface area contributed by atoms with Gasteiger partial charge >= 0.3 is 0 Å². The minimum Gasteiger partial charge on any atom is -0.497 e. The molecule has 1 rings (SSSR count). The van der Waals surface area contributed by atoms with Gasteiger partial charge in [0.05, 0.1) is 7.11 Å². The molecule has 0 aliphatic rings. The highest BCUT2D eigenvalue weighted by Gasteiger charge is 2.11. The molecule has 3 N–H and O–H groups in total. The Morgan fingerprint density at radius 3 is 2.79 bits per heavy atom. The smallest absolute Gasteiger partial charge is 0.131 e. The highest BCUT2D eigenvalue weighted by Crippen LogP contribution is 2.21. The van der Waals surface area contributed by atoms with Crippen molar-refractivity contribution in [2.75, 3.05) is 13.7 Å². The van der Waals surface area contributed by atoms with Gasteiger partial charge in [-0.25, -0.2) is 4.39 Å². The maximum absolute atomic E-state index is 13.4. The summed E-state index contributed by atoms with van der Waals surface area (Å²) in [5.74, 6) is 0.0627. The number of hydrogen-bond donors (Lipinski definition) is 2. The molecule has 0 fully saturated rings. The molecule has 0 aliphatic carbocycles. The lowest BCUT2D eigenvalue weighted by Gasteiger charge is -2.12. The molecule has 0 saturated heterocycles. The van der Waals surface area contributed by atoms with Crippen molar-refractivity contribution in [3.8, 4) is 5.75 Å². The third-order valence-electron chi connectivity index (χ3n) is 2.05. The van der Waals surface area contributed by atoms with E-state index in [2.05, 4.69) is 0 Å². The van der Waals surface area contributed by atoms with Crippen molar-refractivity contribution in [1.82, 2.24) is 0 Å². The van der Waals surface area contributed by atoms with Gasteiger partial charge in [-0.1, -0.05) is 6.07 Å². The van der Waals surface area contributed by atoms with E-state index in [1.165, 1.54) is 13.2 Å². The summed E-state index contributed by atoms with van der Waals surface area (Å²) in [4.78, 5) is 0. The number of ether oxygens (including phenoxy) is 1. The largest absolute Gasteiger partial charge is 0.497 e. The zero-order valence-corrected chi connectivity index (χ0v) is 8.03. The van der Waals surface area contributed by atoms with Crippen LogP contribution in [0.5, 0.6) is 5.75 Å². The molecule has 0 heterocycles. The molecular weight excluding hydrogens is 185 g/mol. The zero-order valence-electron chi connectivity index (χ0n) is 8.03. The minimum absolute atomic E-state index is 0.0490. The van der Waals surface area contributed by atoms with Crippen LogP contribution in [0.3, 0.4) is 0 Å².